The summed E-state index contributed by atoms with van der Waals surface area (Å²) in [6.07, 6.45) is 3.52. The number of anilines is 1. The SMILES string of the molecule is CCOC(=O)c1c(NC(=O)CCc2ccco2)ccc2c1c(C(=O)O)cn2-c1ccccc1. The molecule has 0 radical (unpaired) electrons. The number of para-hydroxylation sites is 1. The molecule has 0 saturated heterocycles. The van der Waals surface area contributed by atoms with E-state index in [2.05, 4.69) is 5.32 Å². The molecule has 0 atom stereocenters. The lowest BCUT2D eigenvalue weighted by atomic mass is 10.0. The number of hydrogen-bond acceptors (Lipinski definition) is 5. The maximum absolute atomic E-state index is 12.9. The van der Waals surface area contributed by atoms with Gasteiger partial charge in [-0.3, -0.25) is 4.79 Å². The minimum Gasteiger partial charge on any atom is -0.478 e. The molecule has 0 saturated carbocycles. The average molecular weight is 446 g/mol. The fourth-order valence-electron chi connectivity index (χ4n) is 3.72. The zero-order chi connectivity index (χ0) is 23.4. The number of furan rings is 1. The van der Waals surface area contributed by atoms with Gasteiger partial charge in [0, 0.05) is 30.1 Å². The van der Waals surface area contributed by atoms with Gasteiger partial charge in [-0.2, -0.15) is 0 Å². The molecule has 4 aromatic rings. The Balaban J connectivity index is 1.81. The molecular weight excluding hydrogens is 424 g/mol. The molecule has 0 aliphatic heterocycles. The van der Waals surface area contributed by atoms with Crippen LogP contribution >= 0.6 is 0 Å². The van der Waals surface area contributed by atoms with E-state index in [9.17, 15) is 19.5 Å². The predicted molar refractivity (Wildman–Crippen MR) is 122 cm³/mol. The van der Waals surface area contributed by atoms with Gasteiger partial charge in [0.1, 0.15) is 5.76 Å². The molecule has 1 amide bonds. The van der Waals surface area contributed by atoms with Crippen LogP contribution in [0.25, 0.3) is 16.6 Å². The molecule has 33 heavy (non-hydrogen) atoms. The molecule has 0 aliphatic carbocycles. The van der Waals surface area contributed by atoms with E-state index < -0.39 is 11.9 Å². The Morgan fingerprint density at radius 2 is 1.85 bits per heavy atom. The summed E-state index contributed by atoms with van der Waals surface area (Å²) in [6, 6.07) is 16.0. The number of aromatic carboxylic acids is 1. The van der Waals surface area contributed by atoms with E-state index in [1.165, 1.54) is 12.5 Å². The first-order chi connectivity index (χ1) is 16.0. The number of hydrogen-bond donors (Lipinski definition) is 2. The molecule has 8 nitrogen and oxygen atoms in total. The van der Waals surface area contributed by atoms with Crippen LogP contribution in [-0.4, -0.2) is 34.1 Å². The Hall–Kier alpha value is -4.33. The van der Waals surface area contributed by atoms with Crippen LogP contribution in [0.5, 0.6) is 0 Å². The summed E-state index contributed by atoms with van der Waals surface area (Å²) in [4.78, 5) is 37.6. The molecule has 2 N–H and O–H groups in total. The highest BCUT2D eigenvalue weighted by Gasteiger charge is 2.26. The van der Waals surface area contributed by atoms with Gasteiger partial charge in [0.05, 0.1) is 35.2 Å². The largest absolute Gasteiger partial charge is 0.478 e. The molecule has 0 aliphatic rings. The molecule has 4 rings (SSSR count). The van der Waals surface area contributed by atoms with Gasteiger partial charge in [-0.05, 0) is 43.3 Å². The van der Waals surface area contributed by atoms with Crippen LogP contribution in [0.15, 0.2) is 71.5 Å². The number of ether oxygens (including phenoxy) is 1. The van der Waals surface area contributed by atoms with Gasteiger partial charge in [0.25, 0.3) is 0 Å². The Bertz CT molecular complexity index is 1310. The van der Waals surface area contributed by atoms with Crippen molar-refractivity contribution in [2.24, 2.45) is 0 Å². The summed E-state index contributed by atoms with van der Waals surface area (Å²) in [5.74, 6) is -1.57. The van der Waals surface area contributed by atoms with E-state index in [0.29, 0.717) is 17.7 Å². The first kappa shape index (κ1) is 21.9. The molecule has 168 valence electrons. The van der Waals surface area contributed by atoms with E-state index in [4.69, 9.17) is 9.15 Å². The fraction of sp³-hybridized carbons (Fsp3) is 0.160. The number of aryl methyl sites for hydroxylation is 1. The summed E-state index contributed by atoms with van der Waals surface area (Å²) in [5.41, 5.74) is 1.38. The molecule has 0 bridgehead atoms. The molecular formula is C25H22N2O6. The summed E-state index contributed by atoms with van der Waals surface area (Å²) < 4.78 is 12.2. The highest BCUT2D eigenvalue weighted by atomic mass is 16.5. The first-order valence-corrected chi connectivity index (χ1v) is 10.5. The second kappa shape index (κ2) is 9.44. The van der Waals surface area contributed by atoms with Crippen molar-refractivity contribution in [2.75, 3.05) is 11.9 Å². The third kappa shape index (κ3) is 4.50. The minimum atomic E-state index is -1.19. The summed E-state index contributed by atoms with van der Waals surface area (Å²) in [6.45, 7) is 1.76. The van der Waals surface area contributed by atoms with E-state index >= 15 is 0 Å². The van der Waals surface area contributed by atoms with Gasteiger partial charge < -0.3 is 24.1 Å². The molecule has 0 spiro atoms. The van der Waals surface area contributed by atoms with E-state index in [-0.39, 0.29) is 41.1 Å². The van der Waals surface area contributed by atoms with Crippen LogP contribution in [-0.2, 0) is 16.0 Å². The van der Waals surface area contributed by atoms with Gasteiger partial charge in [-0.15, -0.1) is 0 Å². The average Bonchev–Trinajstić information content (AvgIpc) is 3.46. The van der Waals surface area contributed by atoms with Crippen molar-refractivity contribution in [3.63, 3.8) is 0 Å². The van der Waals surface area contributed by atoms with Gasteiger partial charge in [-0.1, -0.05) is 18.2 Å². The van der Waals surface area contributed by atoms with E-state index in [1.54, 1.807) is 35.8 Å². The van der Waals surface area contributed by atoms with Crippen molar-refractivity contribution >= 4 is 34.4 Å². The van der Waals surface area contributed by atoms with Gasteiger partial charge >= 0.3 is 11.9 Å². The number of aromatic nitrogens is 1. The highest BCUT2D eigenvalue weighted by molar-refractivity contribution is 6.17. The number of carboxylic acid groups (broad SMARTS) is 1. The van der Waals surface area contributed by atoms with Crippen LogP contribution in [0, 0.1) is 0 Å². The molecule has 2 aromatic heterocycles. The quantitative estimate of drug-likeness (QED) is 0.381. The van der Waals surface area contributed by atoms with Crippen LogP contribution in [0.2, 0.25) is 0 Å². The minimum absolute atomic E-state index is 0.00720. The summed E-state index contributed by atoms with van der Waals surface area (Å²) in [5, 5.41) is 12.8. The maximum atomic E-state index is 12.9. The molecule has 2 heterocycles. The van der Waals surface area contributed by atoms with Gasteiger partial charge in [0.15, 0.2) is 0 Å². The number of fused-ring (bicyclic) bond motifs is 1. The number of rotatable bonds is 8. The standard InChI is InChI=1S/C25H22N2O6/c1-2-32-25(31)23-19(26-21(28)13-10-17-9-6-14-33-17)11-12-20-22(23)18(24(29)30)15-27(20)16-7-4-3-5-8-16/h3-9,11-12,14-15H,2,10,13H2,1H3,(H,26,28)(H,29,30). The number of carbonyl (C=O) groups excluding carboxylic acids is 2. The molecule has 0 unspecified atom stereocenters. The van der Waals surface area contributed by atoms with Crippen molar-refractivity contribution < 1.29 is 28.6 Å². The number of benzene rings is 2. The molecule has 0 fully saturated rings. The van der Waals surface area contributed by atoms with Crippen molar-refractivity contribution in [3.05, 3.63) is 83.9 Å². The lowest BCUT2D eigenvalue weighted by molar-refractivity contribution is -0.116. The van der Waals surface area contributed by atoms with Gasteiger partial charge in [-0.25, -0.2) is 9.59 Å². The zero-order valence-electron chi connectivity index (χ0n) is 17.9. The third-order valence-electron chi connectivity index (χ3n) is 5.17. The van der Waals surface area contributed by atoms with E-state index in [0.717, 1.165) is 5.69 Å². The number of carbonyl (C=O) groups is 3. The van der Waals surface area contributed by atoms with Crippen LogP contribution in [0.1, 0.15) is 39.8 Å². The smallest absolute Gasteiger partial charge is 0.340 e. The van der Waals surface area contributed by atoms with Gasteiger partial charge in [0.2, 0.25) is 5.91 Å². The highest BCUT2D eigenvalue weighted by Crippen LogP contribution is 2.33. The van der Waals surface area contributed by atoms with Crippen LogP contribution in [0.3, 0.4) is 0 Å². The summed E-state index contributed by atoms with van der Waals surface area (Å²) in [7, 11) is 0. The van der Waals surface area contributed by atoms with Crippen molar-refractivity contribution in [2.45, 2.75) is 19.8 Å². The molecule has 2 aromatic carbocycles. The Morgan fingerprint density at radius 1 is 1.06 bits per heavy atom. The Labute approximate surface area is 189 Å². The monoisotopic (exact) mass is 446 g/mol. The predicted octanol–water partition coefficient (Wildman–Crippen LogP) is 4.67. The lowest BCUT2D eigenvalue weighted by Gasteiger charge is -2.13. The second-order valence-corrected chi connectivity index (χ2v) is 7.28. The Morgan fingerprint density at radius 3 is 2.52 bits per heavy atom. The van der Waals surface area contributed by atoms with Crippen molar-refractivity contribution in [1.29, 1.82) is 0 Å². The van der Waals surface area contributed by atoms with E-state index in [1.807, 2.05) is 30.3 Å². The third-order valence-corrected chi connectivity index (χ3v) is 5.17. The Kier molecular flexibility index (Phi) is 6.26. The number of nitrogens with zero attached hydrogens (tertiary/aromatic N) is 1. The molecule has 8 heteroatoms. The second-order valence-electron chi connectivity index (χ2n) is 7.28. The lowest BCUT2D eigenvalue weighted by Crippen LogP contribution is -2.17. The number of esters is 1. The normalized spacial score (nSPS) is 10.8. The summed E-state index contributed by atoms with van der Waals surface area (Å²) >= 11 is 0. The van der Waals surface area contributed by atoms with Crippen LogP contribution < -0.4 is 5.32 Å². The maximum Gasteiger partial charge on any atom is 0.340 e. The number of nitrogens with one attached hydrogen (secondary N) is 1. The zero-order valence-corrected chi connectivity index (χ0v) is 17.9. The van der Waals surface area contributed by atoms with Crippen molar-refractivity contribution in [3.8, 4) is 5.69 Å². The fourth-order valence-corrected chi connectivity index (χ4v) is 3.72. The number of carboxylic acids is 1. The topological polar surface area (TPSA) is 111 Å². The first-order valence-electron chi connectivity index (χ1n) is 10.5. The van der Waals surface area contributed by atoms with Crippen molar-refractivity contribution in [1.82, 2.24) is 4.57 Å². The van der Waals surface area contributed by atoms with Crippen LogP contribution in [0.4, 0.5) is 5.69 Å². The number of amides is 1.